The summed E-state index contributed by atoms with van der Waals surface area (Å²) in [5, 5.41) is 0. The Balaban J connectivity index is 1.55. The number of anilines is 1. The van der Waals surface area contributed by atoms with Crippen LogP contribution in [-0.4, -0.2) is 81.2 Å². The molecule has 0 atom stereocenters. The minimum atomic E-state index is 0.00517. The van der Waals surface area contributed by atoms with Crippen LogP contribution in [0, 0.1) is 0 Å². The second-order valence-electron chi connectivity index (χ2n) is 5.95. The van der Waals surface area contributed by atoms with Crippen LogP contribution >= 0.6 is 0 Å². The van der Waals surface area contributed by atoms with E-state index in [4.69, 9.17) is 9.47 Å². The van der Waals surface area contributed by atoms with Crippen molar-refractivity contribution < 1.29 is 19.1 Å². The van der Waals surface area contributed by atoms with Gasteiger partial charge >= 0.3 is 0 Å². The summed E-state index contributed by atoms with van der Waals surface area (Å²) in [5.41, 5.74) is 0.836. The maximum Gasteiger partial charge on any atom is 0.248 e. The van der Waals surface area contributed by atoms with E-state index in [9.17, 15) is 9.59 Å². The minimum absolute atomic E-state index is 0.00517. The van der Waals surface area contributed by atoms with Gasteiger partial charge in [0.1, 0.15) is 19.0 Å². The maximum atomic E-state index is 12.7. The van der Waals surface area contributed by atoms with Crippen LogP contribution in [-0.2, 0) is 14.3 Å². The third kappa shape index (κ3) is 3.68. The van der Waals surface area contributed by atoms with Crippen molar-refractivity contribution in [2.24, 2.45) is 0 Å². The van der Waals surface area contributed by atoms with Crippen LogP contribution in [0.3, 0.4) is 0 Å². The van der Waals surface area contributed by atoms with Gasteiger partial charge < -0.3 is 19.3 Å². The van der Waals surface area contributed by atoms with Crippen LogP contribution in [0.1, 0.15) is 0 Å². The fourth-order valence-electron chi connectivity index (χ4n) is 3.08. The fraction of sp³-hybridized carbons (Fsp3) is 0.529. The Morgan fingerprint density at radius 1 is 1.08 bits per heavy atom. The van der Waals surface area contributed by atoms with E-state index in [0.717, 1.165) is 11.4 Å². The molecule has 130 valence electrons. The van der Waals surface area contributed by atoms with Crippen LogP contribution in [0.2, 0.25) is 0 Å². The molecule has 0 saturated carbocycles. The highest BCUT2D eigenvalue weighted by atomic mass is 16.5. The summed E-state index contributed by atoms with van der Waals surface area (Å²) in [7, 11) is 1.52. The van der Waals surface area contributed by atoms with E-state index in [1.54, 1.807) is 9.80 Å². The number of carbonyl (C=O) groups excluding carboxylic acids is 2. The number of benzene rings is 1. The highest BCUT2D eigenvalue weighted by Crippen LogP contribution is 2.30. The number of piperazine rings is 1. The van der Waals surface area contributed by atoms with E-state index < -0.39 is 0 Å². The largest absolute Gasteiger partial charge is 0.490 e. The second kappa shape index (κ2) is 7.63. The number of fused-ring (bicyclic) bond motifs is 1. The predicted molar refractivity (Wildman–Crippen MR) is 89.2 cm³/mol. The lowest BCUT2D eigenvalue weighted by Crippen LogP contribution is -2.52. The molecule has 2 heterocycles. The number of amides is 2. The normalized spacial score (nSPS) is 18.0. The van der Waals surface area contributed by atoms with Gasteiger partial charge in [0.25, 0.3) is 0 Å². The molecule has 3 rings (SSSR count). The van der Waals surface area contributed by atoms with Crippen molar-refractivity contribution >= 4 is 17.5 Å². The van der Waals surface area contributed by atoms with Gasteiger partial charge in [0.05, 0.1) is 18.8 Å². The highest BCUT2D eigenvalue weighted by Gasteiger charge is 2.27. The molecule has 7 nitrogen and oxygen atoms in total. The van der Waals surface area contributed by atoms with Crippen LogP contribution < -0.4 is 9.64 Å². The Bertz CT molecular complexity index is 599. The number of rotatable bonds is 4. The zero-order valence-electron chi connectivity index (χ0n) is 13.9. The van der Waals surface area contributed by atoms with Gasteiger partial charge in [-0.15, -0.1) is 0 Å². The maximum absolute atomic E-state index is 12.7. The van der Waals surface area contributed by atoms with E-state index in [1.807, 2.05) is 24.3 Å². The standard InChI is InChI=1S/C17H23N3O4/c1-23-13-17(22)19-8-6-18(7-9-19)12-16(21)20-10-11-24-15-5-3-2-4-14(15)20/h2-5H,6-13H2,1H3. The van der Waals surface area contributed by atoms with Crippen molar-refractivity contribution in [2.75, 3.05) is 64.5 Å². The fourth-order valence-corrected chi connectivity index (χ4v) is 3.08. The van der Waals surface area contributed by atoms with Crippen LogP contribution in [0.4, 0.5) is 5.69 Å². The quantitative estimate of drug-likeness (QED) is 0.788. The number of hydrogen-bond acceptors (Lipinski definition) is 5. The average molecular weight is 333 g/mol. The highest BCUT2D eigenvalue weighted by molar-refractivity contribution is 5.96. The topological polar surface area (TPSA) is 62.3 Å². The number of nitrogens with zero attached hydrogens (tertiary/aromatic N) is 3. The molecule has 1 aromatic carbocycles. The molecule has 0 aromatic heterocycles. The van der Waals surface area contributed by atoms with Crippen molar-refractivity contribution in [1.29, 1.82) is 0 Å². The zero-order valence-corrected chi connectivity index (χ0v) is 13.9. The van der Waals surface area contributed by atoms with Crippen molar-refractivity contribution in [1.82, 2.24) is 9.80 Å². The Morgan fingerprint density at radius 2 is 1.83 bits per heavy atom. The first-order valence-electron chi connectivity index (χ1n) is 8.20. The number of hydrogen-bond donors (Lipinski definition) is 0. The molecule has 1 aromatic rings. The molecule has 24 heavy (non-hydrogen) atoms. The Labute approximate surface area is 141 Å². The molecule has 1 fully saturated rings. The van der Waals surface area contributed by atoms with Gasteiger partial charge in [0.15, 0.2) is 0 Å². The molecule has 1 saturated heterocycles. The lowest BCUT2D eigenvalue weighted by molar-refractivity contribution is -0.137. The molecule has 2 amide bonds. The molecule has 2 aliphatic heterocycles. The molecule has 0 bridgehead atoms. The van der Waals surface area contributed by atoms with Crippen molar-refractivity contribution in [3.05, 3.63) is 24.3 Å². The first-order valence-corrected chi connectivity index (χ1v) is 8.20. The first kappa shape index (κ1) is 16.7. The molecular formula is C17H23N3O4. The van der Waals surface area contributed by atoms with Gasteiger partial charge in [-0.3, -0.25) is 14.5 Å². The summed E-state index contributed by atoms with van der Waals surface area (Å²) < 4.78 is 10.5. The molecule has 7 heteroatoms. The van der Waals surface area contributed by atoms with Gasteiger partial charge in [0, 0.05) is 33.3 Å². The summed E-state index contributed by atoms with van der Waals surface area (Å²) >= 11 is 0. The lowest BCUT2D eigenvalue weighted by Gasteiger charge is -2.36. The zero-order chi connectivity index (χ0) is 16.9. The third-order valence-electron chi connectivity index (χ3n) is 4.38. The molecule has 0 unspecified atom stereocenters. The Hall–Kier alpha value is -2.12. The third-order valence-corrected chi connectivity index (χ3v) is 4.38. The Kier molecular flexibility index (Phi) is 5.32. The number of methoxy groups -OCH3 is 1. The summed E-state index contributed by atoms with van der Waals surface area (Å²) in [6, 6.07) is 7.61. The average Bonchev–Trinajstić information content (AvgIpc) is 2.62. The van der Waals surface area contributed by atoms with Crippen molar-refractivity contribution in [3.63, 3.8) is 0 Å². The molecule has 2 aliphatic rings. The van der Waals surface area contributed by atoms with Crippen LogP contribution in [0.15, 0.2) is 24.3 Å². The number of ether oxygens (including phenoxy) is 2. The van der Waals surface area contributed by atoms with Crippen molar-refractivity contribution in [3.8, 4) is 5.75 Å². The van der Waals surface area contributed by atoms with E-state index in [0.29, 0.717) is 45.9 Å². The monoisotopic (exact) mass is 333 g/mol. The van der Waals surface area contributed by atoms with Crippen LogP contribution in [0.25, 0.3) is 0 Å². The smallest absolute Gasteiger partial charge is 0.248 e. The van der Waals surface area contributed by atoms with Crippen molar-refractivity contribution in [2.45, 2.75) is 0 Å². The second-order valence-corrected chi connectivity index (χ2v) is 5.95. The molecule has 0 aliphatic carbocycles. The molecular weight excluding hydrogens is 310 g/mol. The van der Waals surface area contributed by atoms with Gasteiger partial charge in [-0.05, 0) is 12.1 Å². The van der Waals surface area contributed by atoms with E-state index >= 15 is 0 Å². The minimum Gasteiger partial charge on any atom is -0.490 e. The Morgan fingerprint density at radius 3 is 2.58 bits per heavy atom. The van der Waals surface area contributed by atoms with Gasteiger partial charge in [0.2, 0.25) is 11.8 Å². The SMILES string of the molecule is COCC(=O)N1CCN(CC(=O)N2CCOc3ccccc32)CC1. The first-order chi connectivity index (χ1) is 11.7. The molecule has 0 N–H and O–H groups in total. The van der Waals surface area contributed by atoms with Crippen LogP contribution in [0.5, 0.6) is 5.75 Å². The van der Waals surface area contributed by atoms with E-state index in [1.165, 1.54) is 7.11 Å². The summed E-state index contributed by atoms with van der Waals surface area (Å²) in [5.74, 6) is 0.833. The predicted octanol–water partition coefficient (Wildman–Crippen LogP) is 0.203. The van der Waals surface area contributed by atoms with E-state index in [-0.39, 0.29) is 18.4 Å². The van der Waals surface area contributed by atoms with E-state index in [2.05, 4.69) is 4.90 Å². The molecule has 0 radical (unpaired) electrons. The summed E-state index contributed by atoms with van der Waals surface area (Å²) in [4.78, 5) is 30.2. The van der Waals surface area contributed by atoms with Gasteiger partial charge in [-0.25, -0.2) is 0 Å². The van der Waals surface area contributed by atoms with Gasteiger partial charge in [-0.2, -0.15) is 0 Å². The molecule has 0 spiro atoms. The number of carbonyl (C=O) groups is 2. The summed E-state index contributed by atoms with van der Waals surface area (Å²) in [6.45, 7) is 4.24. The lowest BCUT2D eigenvalue weighted by atomic mass is 10.2. The number of para-hydroxylation sites is 2. The van der Waals surface area contributed by atoms with Gasteiger partial charge in [-0.1, -0.05) is 12.1 Å². The summed E-state index contributed by atoms with van der Waals surface area (Å²) in [6.07, 6.45) is 0.